The summed E-state index contributed by atoms with van der Waals surface area (Å²) in [5.41, 5.74) is -0.130. The topological polar surface area (TPSA) is 38.3 Å². The van der Waals surface area contributed by atoms with E-state index in [0.29, 0.717) is 0 Å². The van der Waals surface area contributed by atoms with Crippen molar-refractivity contribution in [3.8, 4) is 0 Å². The van der Waals surface area contributed by atoms with Crippen LogP contribution in [0, 0.1) is 5.92 Å². The SMILES string of the molecule is CCCO[C@@H]1C[C@H]1C(=O)NC(C)(C)C. The number of carbonyl (C=O) groups excluding carboxylic acids is 1. The van der Waals surface area contributed by atoms with Gasteiger partial charge in [-0.05, 0) is 33.6 Å². The van der Waals surface area contributed by atoms with Crippen molar-refractivity contribution >= 4 is 5.91 Å². The molecule has 0 aliphatic heterocycles. The summed E-state index contributed by atoms with van der Waals surface area (Å²) < 4.78 is 5.49. The minimum Gasteiger partial charge on any atom is -0.377 e. The van der Waals surface area contributed by atoms with Crippen LogP contribution in [0.5, 0.6) is 0 Å². The van der Waals surface area contributed by atoms with E-state index < -0.39 is 0 Å². The Hall–Kier alpha value is -0.570. The summed E-state index contributed by atoms with van der Waals surface area (Å²) >= 11 is 0. The van der Waals surface area contributed by atoms with Gasteiger partial charge < -0.3 is 10.1 Å². The maximum absolute atomic E-state index is 11.6. The Balaban J connectivity index is 2.22. The Bertz CT molecular complexity index is 208. The predicted molar refractivity (Wildman–Crippen MR) is 56.0 cm³/mol. The first-order valence-corrected chi connectivity index (χ1v) is 5.37. The molecule has 1 saturated carbocycles. The summed E-state index contributed by atoms with van der Waals surface area (Å²) in [4.78, 5) is 11.6. The van der Waals surface area contributed by atoms with Gasteiger partial charge in [0.2, 0.25) is 5.91 Å². The molecule has 1 aliphatic rings. The second-order valence-corrected chi connectivity index (χ2v) is 4.99. The molecular formula is C11H21NO2. The van der Waals surface area contributed by atoms with Gasteiger partial charge in [0.15, 0.2) is 0 Å². The molecule has 0 radical (unpaired) electrons. The van der Waals surface area contributed by atoms with Crippen molar-refractivity contribution in [2.24, 2.45) is 5.92 Å². The zero-order chi connectivity index (χ0) is 10.8. The Labute approximate surface area is 86.2 Å². The molecule has 0 spiro atoms. The zero-order valence-electron chi connectivity index (χ0n) is 9.59. The standard InChI is InChI=1S/C11H21NO2/c1-5-6-14-9-7-8(9)10(13)12-11(2,3)4/h8-9H,5-7H2,1-4H3,(H,12,13)/t8-,9-/m1/s1. The molecule has 0 aromatic rings. The molecule has 0 saturated heterocycles. The first-order valence-electron chi connectivity index (χ1n) is 5.37. The molecule has 0 unspecified atom stereocenters. The van der Waals surface area contributed by atoms with E-state index in [1.807, 2.05) is 20.8 Å². The van der Waals surface area contributed by atoms with Crippen LogP contribution in [0.3, 0.4) is 0 Å². The van der Waals surface area contributed by atoms with Gasteiger partial charge >= 0.3 is 0 Å². The van der Waals surface area contributed by atoms with Gasteiger partial charge in [-0.25, -0.2) is 0 Å². The van der Waals surface area contributed by atoms with Crippen molar-refractivity contribution < 1.29 is 9.53 Å². The predicted octanol–water partition coefficient (Wildman–Crippen LogP) is 1.72. The fourth-order valence-corrected chi connectivity index (χ4v) is 1.36. The highest BCUT2D eigenvalue weighted by Crippen LogP contribution is 2.34. The highest BCUT2D eigenvalue weighted by Gasteiger charge is 2.44. The number of rotatable bonds is 4. The first kappa shape index (κ1) is 11.5. The molecule has 1 rings (SSSR count). The molecule has 1 fully saturated rings. The fourth-order valence-electron chi connectivity index (χ4n) is 1.36. The summed E-state index contributed by atoms with van der Waals surface area (Å²) in [6.45, 7) is 8.83. The summed E-state index contributed by atoms with van der Waals surface area (Å²) in [5.74, 6) is 0.236. The molecule has 2 atom stereocenters. The van der Waals surface area contributed by atoms with Gasteiger partial charge in [-0.15, -0.1) is 0 Å². The van der Waals surface area contributed by atoms with E-state index in [2.05, 4.69) is 12.2 Å². The highest BCUT2D eigenvalue weighted by molar-refractivity contribution is 5.82. The van der Waals surface area contributed by atoms with Crippen molar-refractivity contribution in [2.75, 3.05) is 6.61 Å². The lowest BCUT2D eigenvalue weighted by molar-refractivity contribution is -0.124. The highest BCUT2D eigenvalue weighted by atomic mass is 16.5. The molecule has 0 aromatic heterocycles. The number of hydrogen-bond donors (Lipinski definition) is 1. The maximum atomic E-state index is 11.6. The molecule has 1 amide bonds. The third-order valence-corrected chi connectivity index (χ3v) is 2.10. The second-order valence-electron chi connectivity index (χ2n) is 4.99. The second kappa shape index (κ2) is 4.30. The van der Waals surface area contributed by atoms with Gasteiger partial charge in [0.05, 0.1) is 12.0 Å². The van der Waals surface area contributed by atoms with E-state index in [0.717, 1.165) is 19.4 Å². The smallest absolute Gasteiger partial charge is 0.226 e. The molecule has 3 heteroatoms. The molecule has 0 aromatic carbocycles. The van der Waals surface area contributed by atoms with Crippen molar-refractivity contribution in [3.05, 3.63) is 0 Å². The van der Waals surface area contributed by atoms with Gasteiger partial charge in [-0.2, -0.15) is 0 Å². The number of carbonyl (C=O) groups is 1. The molecule has 1 aliphatic carbocycles. The molecule has 0 bridgehead atoms. The fraction of sp³-hybridized carbons (Fsp3) is 0.909. The lowest BCUT2D eigenvalue weighted by atomic mass is 10.1. The quantitative estimate of drug-likeness (QED) is 0.748. The van der Waals surface area contributed by atoms with Crippen LogP contribution >= 0.6 is 0 Å². The number of hydrogen-bond acceptors (Lipinski definition) is 2. The average molecular weight is 199 g/mol. The molecule has 14 heavy (non-hydrogen) atoms. The van der Waals surface area contributed by atoms with Gasteiger partial charge in [0, 0.05) is 12.1 Å². The maximum Gasteiger partial charge on any atom is 0.226 e. The van der Waals surface area contributed by atoms with Crippen LogP contribution in [0.15, 0.2) is 0 Å². The van der Waals surface area contributed by atoms with Gasteiger partial charge in [0.1, 0.15) is 0 Å². The lowest BCUT2D eigenvalue weighted by Crippen LogP contribution is -2.42. The van der Waals surface area contributed by atoms with E-state index in [4.69, 9.17) is 4.74 Å². The van der Waals surface area contributed by atoms with E-state index in [1.54, 1.807) is 0 Å². The van der Waals surface area contributed by atoms with Gasteiger partial charge in [-0.1, -0.05) is 6.92 Å². The van der Waals surface area contributed by atoms with Crippen molar-refractivity contribution in [2.45, 2.75) is 52.2 Å². The molecule has 1 N–H and O–H groups in total. The van der Waals surface area contributed by atoms with E-state index in [1.165, 1.54) is 0 Å². The van der Waals surface area contributed by atoms with Crippen LogP contribution in [0.25, 0.3) is 0 Å². The molecule has 3 nitrogen and oxygen atoms in total. The van der Waals surface area contributed by atoms with E-state index in [-0.39, 0.29) is 23.5 Å². The van der Waals surface area contributed by atoms with E-state index >= 15 is 0 Å². The first-order chi connectivity index (χ1) is 6.44. The Kier molecular flexibility index (Phi) is 3.53. The van der Waals surface area contributed by atoms with Crippen molar-refractivity contribution in [1.29, 1.82) is 0 Å². The van der Waals surface area contributed by atoms with Crippen LogP contribution in [-0.2, 0) is 9.53 Å². The summed E-state index contributed by atoms with van der Waals surface area (Å²) in [7, 11) is 0. The Morgan fingerprint density at radius 2 is 2.14 bits per heavy atom. The Morgan fingerprint density at radius 3 is 2.64 bits per heavy atom. The van der Waals surface area contributed by atoms with Crippen LogP contribution in [0.4, 0.5) is 0 Å². The molecule has 0 heterocycles. The normalized spacial score (nSPS) is 26.0. The molecule has 82 valence electrons. The van der Waals surface area contributed by atoms with Gasteiger partial charge in [0.25, 0.3) is 0 Å². The van der Waals surface area contributed by atoms with Crippen molar-refractivity contribution in [1.82, 2.24) is 5.32 Å². The minimum absolute atomic E-state index is 0.0979. The average Bonchev–Trinajstić information content (AvgIpc) is 2.76. The number of amides is 1. The van der Waals surface area contributed by atoms with Crippen LogP contribution in [-0.4, -0.2) is 24.2 Å². The number of ether oxygens (including phenoxy) is 1. The van der Waals surface area contributed by atoms with Gasteiger partial charge in [-0.3, -0.25) is 4.79 Å². The third-order valence-electron chi connectivity index (χ3n) is 2.10. The third kappa shape index (κ3) is 3.66. The molecular weight excluding hydrogens is 178 g/mol. The van der Waals surface area contributed by atoms with E-state index in [9.17, 15) is 4.79 Å². The minimum atomic E-state index is -0.130. The van der Waals surface area contributed by atoms with Crippen molar-refractivity contribution in [3.63, 3.8) is 0 Å². The zero-order valence-corrected chi connectivity index (χ0v) is 9.59. The summed E-state index contributed by atoms with van der Waals surface area (Å²) in [6, 6.07) is 0. The Morgan fingerprint density at radius 1 is 1.50 bits per heavy atom. The largest absolute Gasteiger partial charge is 0.377 e. The lowest BCUT2D eigenvalue weighted by Gasteiger charge is -2.20. The van der Waals surface area contributed by atoms with Crippen LogP contribution < -0.4 is 5.32 Å². The van der Waals surface area contributed by atoms with Crippen LogP contribution in [0.2, 0.25) is 0 Å². The monoisotopic (exact) mass is 199 g/mol. The summed E-state index contributed by atoms with van der Waals surface area (Å²) in [6.07, 6.45) is 2.09. The number of nitrogens with one attached hydrogen (secondary N) is 1. The summed E-state index contributed by atoms with van der Waals surface area (Å²) in [5, 5.41) is 2.97. The van der Waals surface area contributed by atoms with Crippen LogP contribution in [0.1, 0.15) is 40.5 Å².